The number of nitrogens with one attached hydrogen (secondary N) is 1. The van der Waals surface area contributed by atoms with E-state index < -0.39 is 36.6 Å². The number of alkyl carbamates (subject to hydrolysis) is 1. The molecule has 136 valence electrons. The maximum Gasteiger partial charge on any atom is 0.424 e. The fourth-order valence-corrected chi connectivity index (χ4v) is 2.18. The minimum atomic E-state index is -4.95. The fourth-order valence-electron chi connectivity index (χ4n) is 2.18. The molecular weight excluding hydrogens is 339 g/mol. The molecule has 0 aliphatic heterocycles. The maximum atomic E-state index is 13.2. The summed E-state index contributed by atoms with van der Waals surface area (Å²) in [5.74, 6) is -0.371. The first-order valence-corrected chi connectivity index (χ1v) is 7.53. The van der Waals surface area contributed by atoms with Crippen LogP contribution in [0.25, 0.3) is 0 Å². The maximum absolute atomic E-state index is 13.2. The smallest absolute Gasteiger partial charge is 0.424 e. The van der Waals surface area contributed by atoms with Crippen molar-refractivity contribution in [3.8, 4) is 0 Å². The molecule has 1 amide bonds. The van der Waals surface area contributed by atoms with Gasteiger partial charge in [0.25, 0.3) is 0 Å². The summed E-state index contributed by atoms with van der Waals surface area (Å²) in [5, 5.41) is 12.2. The number of carbonyl (C=O) groups excluding carboxylic acids is 1. The lowest BCUT2D eigenvalue weighted by atomic mass is 9.96. The predicted molar refractivity (Wildman–Crippen MR) is 82.6 cm³/mol. The highest BCUT2D eigenvalue weighted by molar-refractivity contribution is 5.67. The number of hydrogen-bond acceptors (Lipinski definition) is 4. The molecule has 2 rings (SSSR count). The van der Waals surface area contributed by atoms with E-state index in [0.717, 1.165) is 11.6 Å². The number of ether oxygens (including phenoxy) is 1. The second-order valence-electron chi connectivity index (χ2n) is 5.51. The van der Waals surface area contributed by atoms with Gasteiger partial charge in [-0.2, -0.15) is 13.2 Å². The molecule has 0 bridgehead atoms. The van der Waals surface area contributed by atoms with Crippen LogP contribution in [0.15, 0.2) is 46.9 Å². The van der Waals surface area contributed by atoms with E-state index >= 15 is 0 Å². The lowest BCUT2D eigenvalue weighted by Crippen LogP contribution is -2.44. The zero-order chi connectivity index (χ0) is 18.5. The number of carbonyl (C=O) groups is 1. The Balaban J connectivity index is 1.90. The van der Waals surface area contributed by atoms with Crippen molar-refractivity contribution in [1.29, 1.82) is 0 Å². The topological polar surface area (TPSA) is 71.7 Å². The Hall–Kier alpha value is -2.48. The number of benzene rings is 1. The lowest BCUT2D eigenvalue weighted by Gasteiger charge is -2.28. The molecule has 0 fully saturated rings. The van der Waals surface area contributed by atoms with E-state index in [-0.39, 0.29) is 12.4 Å². The Morgan fingerprint density at radius 1 is 1.20 bits per heavy atom. The number of furan rings is 1. The summed E-state index contributed by atoms with van der Waals surface area (Å²) >= 11 is 0. The summed E-state index contributed by atoms with van der Waals surface area (Å²) in [6, 6.07) is 11.2. The Kier molecular flexibility index (Phi) is 5.73. The van der Waals surface area contributed by atoms with Gasteiger partial charge in [0.1, 0.15) is 18.1 Å². The third-order valence-corrected chi connectivity index (χ3v) is 3.59. The van der Waals surface area contributed by atoms with Crippen molar-refractivity contribution >= 4 is 6.09 Å². The third kappa shape index (κ3) is 4.76. The van der Waals surface area contributed by atoms with Crippen molar-refractivity contribution in [2.24, 2.45) is 0 Å². The highest BCUT2D eigenvalue weighted by atomic mass is 19.4. The second kappa shape index (κ2) is 7.60. The van der Waals surface area contributed by atoms with E-state index in [1.54, 1.807) is 30.3 Å². The van der Waals surface area contributed by atoms with Crippen molar-refractivity contribution < 1.29 is 32.2 Å². The van der Waals surface area contributed by atoms with Crippen LogP contribution in [0.2, 0.25) is 0 Å². The SMILES string of the molecule is Cc1ccc(C(O)(CCNC(=O)OCc2ccccc2)C(F)(F)F)o1. The molecular formula is C17H18F3NO4. The summed E-state index contributed by atoms with van der Waals surface area (Å²) in [5.41, 5.74) is -2.44. The molecule has 0 aliphatic rings. The van der Waals surface area contributed by atoms with Crippen molar-refractivity contribution in [2.45, 2.75) is 31.7 Å². The Morgan fingerprint density at radius 2 is 1.88 bits per heavy atom. The van der Waals surface area contributed by atoms with Crippen LogP contribution in [0, 0.1) is 6.92 Å². The van der Waals surface area contributed by atoms with Gasteiger partial charge in [0.05, 0.1) is 0 Å². The number of halogens is 3. The highest BCUT2D eigenvalue weighted by Gasteiger charge is 2.56. The molecule has 0 aliphatic carbocycles. The van der Waals surface area contributed by atoms with Crippen molar-refractivity contribution in [2.75, 3.05) is 6.54 Å². The molecule has 0 spiro atoms. The zero-order valence-corrected chi connectivity index (χ0v) is 13.5. The number of aliphatic hydroxyl groups is 1. The lowest BCUT2D eigenvalue weighted by molar-refractivity contribution is -0.274. The first-order valence-electron chi connectivity index (χ1n) is 7.53. The molecule has 1 unspecified atom stereocenters. The highest BCUT2D eigenvalue weighted by Crippen LogP contribution is 2.41. The van der Waals surface area contributed by atoms with Gasteiger partial charge in [-0.3, -0.25) is 0 Å². The van der Waals surface area contributed by atoms with E-state index in [0.29, 0.717) is 0 Å². The van der Waals surface area contributed by atoms with E-state index in [1.165, 1.54) is 13.0 Å². The number of aryl methyl sites for hydroxylation is 1. The molecule has 2 N–H and O–H groups in total. The van der Waals surface area contributed by atoms with Crippen LogP contribution in [0.4, 0.5) is 18.0 Å². The Labute approximate surface area is 142 Å². The van der Waals surface area contributed by atoms with E-state index in [1.807, 2.05) is 0 Å². The largest absolute Gasteiger partial charge is 0.463 e. The van der Waals surface area contributed by atoms with Gasteiger partial charge in [-0.25, -0.2) is 4.79 Å². The average molecular weight is 357 g/mol. The van der Waals surface area contributed by atoms with Crippen LogP contribution >= 0.6 is 0 Å². The van der Waals surface area contributed by atoms with E-state index in [4.69, 9.17) is 9.15 Å². The molecule has 0 radical (unpaired) electrons. The summed E-state index contributed by atoms with van der Waals surface area (Å²) in [6.45, 7) is 1.02. The second-order valence-corrected chi connectivity index (χ2v) is 5.51. The molecule has 1 aromatic carbocycles. The number of amides is 1. The molecule has 2 aromatic rings. The van der Waals surface area contributed by atoms with Gasteiger partial charge >= 0.3 is 12.3 Å². The van der Waals surface area contributed by atoms with Gasteiger partial charge in [0.2, 0.25) is 5.60 Å². The molecule has 1 aromatic heterocycles. The first-order chi connectivity index (χ1) is 11.7. The molecule has 1 heterocycles. The van der Waals surface area contributed by atoms with Gasteiger partial charge in [-0.05, 0) is 24.6 Å². The standard InChI is InChI=1S/C17H18F3NO4/c1-12-7-8-14(25-12)16(23,17(18,19)20)9-10-21-15(22)24-11-13-5-3-2-4-6-13/h2-8,23H,9-11H2,1H3,(H,21,22). The van der Waals surface area contributed by atoms with Gasteiger partial charge in [0, 0.05) is 13.0 Å². The normalized spacial score (nSPS) is 14.0. The fraction of sp³-hybridized carbons (Fsp3) is 0.353. The molecule has 0 saturated carbocycles. The van der Waals surface area contributed by atoms with Crippen molar-refractivity contribution in [1.82, 2.24) is 5.32 Å². The van der Waals surface area contributed by atoms with Crippen LogP contribution in [0.5, 0.6) is 0 Å². The molecule has 5 nitrogen and oxygen atoms in total. The van der Waals surface area contributed by atoms with Crippen LogP contribution in [0.3, 0.4) is 0 Å². The van der Waals surface area contributed by atoms with E-state index in [9.17, 15) is 23.1 Å². The minimum absolute atomic E-state index is 0.00636. The van der Waals surface area contributed by atoms with Crippen LogP contribution in [-0.4, -0.2) is 23.9 Å². The molecule has 1 atom stereocenters. The van der Waals surface area contributed by atoms with Gasteiger partial charge < -0.3 is 19.6 Å². The predicted octanol–water partition coefficient (Wildman–Crippen LogP) is 3.65. The van der Waals surface area contributed by atoms with Gasteiger partial charge in [0.15, 0.2) is 0 Å². The van der Waals surface area contributed by atoms with Gasteiger partial charge in [-0.15, -0.1) is 0 Å². The number of hydrogen-bond donors (Lipinski definition) is 2. The third-order valence-electron chi connectivity index (χ3n) is 3.59. The zero-order valence-electron chi connectivity index (χ0n) is 13.5. The van der Waals surface area contributed by atoms with E-state index in [2.05, 4.69) is 5.32 Å². The minimum Gasteiger partial charge on any atom is -0.463 e. The van der Waals surface area contributed by atoms with Crippen LogP contribution in [0.1, 0.15) is 23.5 Å². The van der Waals surface area contributed by atoms with Crippen molar-refractivity contribution in [3.63, 3.8) is 0 Å². The average Bonchev–Trinajstić information content (AvgIpc) is 2.99. The first kappa shape index (κ1) is 18.9. The number of rotatable bonds is 6. The van der Waals surface area contributed by atoms with Gasteiger partial charge in [-0.1, -0.05) is 30.3 Å². The number of alkyl halides is 3. The Bertz CT molecular complexity index is 699. The monoisotopic (exact) mass is 357 g/mol. The molecule has 8 heteroatoms. The molecule has 0 saturated heterocycles. The molecule has 25 heavy (non-hydrogen) atoms. The van der Waals surface area contributed by atoms with Crippen molar-refractivity contribution in [3.05, 3.63) is 59.5 Å². The summed E-state index contributed by atoms with van der Waals surface area (Å²) in [6.07, 6.45) is -6.62. The summed E-state index contributed by atoms with van der Waals surface area (Å²) < 4.78 is 49.5. The quantitative estimate of drug-likeness (QED) is 0.828. The Morgan fingerprint density at radius 3 is 2.44 bits per heavy atom. The summed E-state index contributed by atoms with van der Waals surface area (Å²) in [7, 11) is 0. The van der Waals surface area contributed by atoms with Crippen LogP contribution < -0.4 is 5.32 Å². The van der Waals surface area contributed by atoms with Crippen LogP contribution in [-0.2, 0) is 16.9 Å². The summed E-state index contributed by atoms with van der Waals surface area (Å²) in [4.78, 5) is 11.6.